The van der Waals surface area contributed by atoms with E-state index in [-0.39, 0.29) is 23.1 Å². The molecule has 2 aromatic carbocycles. The van der Waals surface area contributed by atoms with Crippen molar-refractivity contribution in [2.45, 2.75) is 43.9 Å². The van der Waals surface area contributed by atoms with Crippen molar-refractivity contribution >= 4 is 58.2 Å². The average Bonchev–Trinajstić information content (AvgIpc) is 3.04. The van der Waals surface area contributed by atoms with Crippen LogP contribution in [0.4, 0.5) is 11.4 Å². The molecule has 4 rings (SSSR count). The fourth-order valence-corrected chi connectivity index (χ4v) is 6.00. The number of halogens is 2. The molecule has 8 heteroatoms. The molecule has 2 N–H and O–H groups in total. The maximum atomic E-state index is 12.9. The monoisotopic (exact) mass is 477 g/mol. The van der Waals surface area contributed by atoms with Crippen LogP contribution in [0.1, 0.15) is 38.2 Å². The first-order valence-corrected chi connectivity index (χ1v) is 12.2. The van der Waals surface area contributed by atoms with E-state index in [2.05, 4.69) is 17.7 Å². The van der Waals surface area contributed by atoms with Gasteiger partial charge in [-0.1, -0.05) is 54.4 Å². The highest BCUT2D eigenvalue weighted by Gasteiger charge is 2.48. The fraction of sp³-hybridized carbons (Fsp3) is 0.391. The molecule has 2 fully saturated rings. The van der Waals surface area contributed by atoms with Crippen molar-refractivity contribution in [3.63, 3.8) is 0 Å². The molecule has 2 aliphatic rings. The van der Waals surface area contributed by atoms with Crippen molar-refractivity contribution in [1.29, 1.82) is 0 Å². The summed E-state index contributed by atoms with van der Waals surface area (Å²) >= 11 is 14.2. The molecular weight excluding hydrogens is 453 g/mol. The molecule has 0 atom stereocenters. The van der Waals surface area contributed by atoms with Gasteiger partial charge in [-0.15, -0.1) is 11.8 Å². The Morgan fingerprint density at radius 2 is 1.81 bits per heavy atom. The Kier molecular flexibility index (Phi) is 6.70. The summed E-state index contributed by atoms with van der Waals surface area (Å²) in [6.07, 6.45) is 4.09. The van der Waals surface area contributed by atoms with E-state index in [0.29, 0.717) is 27.4 Å². The summed E-state index contributed by atoms with van der Waals surface area (Å²) in [4.78, 5) is 25.2. The standard InChI is InChI=1S/C23H25Cl2N3O2S/c1-15-9-11-23(12-10-15)28(21(30)14-31-23)27-20(29)13-16-5-2-3-8-19(16)26-22-17(24)6-4-7-18(22)25/h2-8,15,26H,9-14H2,1H3,(H,27,29). The van der Waals surface area contributed by atoms with Crippen LogP contribution in [0.15, 0.2) is 42.5 Å². The summed E-state index contributed by atoms with van der Waals surface area (Å²) in [7, 11) is 0. The molecule has 2 amide bonds. The van der Waals surface area contributed by atoms with Crippen LogP contribution < -0.4 is 10.7 Å². The number of para-hydroxylation sites is 2. The van der Waals surface area contributed by atoms with E-state index in [1.807, 2.05) is 24.3 Å². The lowest BCUT2D eigenvalue weighted by Gasteiger charge is -2.41. The van der Waals surface area contributed by atoms with Gasteiger partial charge in [0.15, 0.2) is 0 Å². The summed E-state index contributed by atoms with van der Waals surface area (Å²) in [5.74, 6) is 0.835. The van der Waals surface area contributed by atoms with Gasteiger partial charge in [-0.2, -0.15) is 0 Å². The van der Waals surface area contributed by atoms with Crippen LogP contribution >= 0.6 is 35.0 Å². The van der Waals surface area contributed by atoms with Crippen LogP contribution in [-0.4, -0.2) is 27.4 Å². The van der Waals surface area contributed by atoms with Crippen LogP contribution in [0.25, 0.3) is 0 Å². The molecule has 0 bridgehead atoms. The Labute approximate surface area is 196 Å². The normalized spacial score (nSPS) is 23.3. The first kappa shape index (κ1) is 22.3. The van der Waals surface area contributed by atoms with Gasteiger partial charge >= 0.3 is 0 Å². The molecule has 164 valence electrons. The number of amides is 2. The predicted molar refractivity (Wildman–Crippen MR) is 128 cm³/mol. The quantitative estimate of drug-likeness (QED) is 0.571. The summed E-state index contributed by atoms with van der Waals surface area (Å²) in [5.41, 5.74) is 5.05. The van der Waals surface area contributed by atoms with E-state index >= 15 is 0 Å². The van der Waals surface area contributed by atoms with Gasteiger partial charge in [-0.25, -0.2) is 5.01 Å². The zero-order valence-corrected chi connectivity index (χ0v) is 19.6. The minimum absolute atomic E-state index is 0.0258. The van der Waals surface area contributed by atoms with Gasteiger partial charge in [0.25, 0.3) is 5.91 Å². The molecule has 5 nitrogen and oxygen atoms in total. The van der Waals surface area contributed by atoms with E-state index < -0.39 is 0 Å². The molecule has 0 aromatic heterocycles. The van der Waals surface area contributed by atoms with Crippen LogP contribution in [0.5, 0.6) is 0 Å². The van der Waals surface area contributed by atoms with E-state index in [0.717, 1.165) is 36.9 Å². The third-order valence-electron chi connectivity index (χ3n) is 6.00. The lowest BCUT2D eigenvalue weighted by molar-refractivity contribution is -0.143. The number of hydrazine groups is 1. The van der Waals surface area contributed by atoms with Crippen molar-refractivity contribution in [3.05, 3.63) is 58.1 Å². The number of carbonyl (C=O) groups is 2. The van der Waals surface area contributed by atoms with Gasteiger partial charge < -0.3 is 5.32 Å². The summed E-state index contributed by atoms with van der Waals surface area (Å²) in [6.45, 7) is 2.24. The van der Waals surface area contributed by atoms with Crippen molar-refractivity contribution in [3.8, 4) is 0 Å². The Hall–Kier alpha value is -1.89. The summed E-state index contributed by atoms with van der Waals surface area (Å²) in [6, 6.07) is 12.8. The van der Waals surface area contributed by atoms with Gasteiger partial charge in [0.1, 0.15) is 4.87 Å². The zero-order chi connectivity index (χ0) is 22.0. The second-order valence-electron chi connectivity index (χ2n) is 8.24. The lowest BCUT2D eigenvalue weighted by Crippen LogP contribution is -2.56. The lowest BCUT2D eigenvalue weighted by atomic mass is 9.86. The largest absolute Gasteiger partial charge is 0.353 e. The van der Waals surface area contributed by atoms with Gasteiger partial charge in [0.2, 0.25) is 5.91 Å². The van der Waals surface area contributed by atoms with Gasteiger partial charge in [0, 0.05) is 5.69 Å². The molecule has 1 spiro atoms. The van der Waals surface area contributed by atoms with Crippen molar-refractivity contribution in [2.75, 3.05) is 11.1 Å². The molecular formula is C23H25Cl2N3O2S. The maximum Gasteiger partial charge on any atom is 0.252 e. The number of anilines is 2. The number of hydrogen-bond donors (Lipinski definition) is 2. The average molecular weight is 478 g/mol. The fourth-order valence-electron chi connectivity index (χ4n) is 4.18. The topological polar surface area (TPSA) is 61.4 Å². The molecule has 2 aromatic rings. The smallest absolute Gasteiger partial charge is 0.252 e. The number of nitrogens with zero attached hydrogens (tertiary/aromatic N) is 1. The number of hydrogen-bond acceptors (Lipinski definition) is 4. The van der Waals surface area contributed by atoms with Crippen molar-refractivity contribution < 1.29 is 9.59 Å². The van der Waals surface area contributed by atoms with E-state index in [4.69, 9.17) is 23.2 Å². The molecule has 1 heterocycles. The van der Waals surface area contributed by atoms with Gasteiger partial charge in [-0.3, -0.25) is 15.0 Å². The molecule has 31 heavy (non-hydrogen) atoms. The minimum Gasteiger partial charge on any atom is -0.353 e. The van der Waals surface area contributed by atoms with Gasteiger partial charge in [0.05, 0.1) is 27.9 Å². The number of benzene rings is 2. The Balaban J connectivity index is 1.49. The first-order valence-electron chi connectivity index (χ1n) is 10.4. The van der Waals surface area contributed by atoms with Crippen LogP contribution in [0.3, 0.4) is 0 Å². The highest BCUT2D eigenvalue weighted by Crippen LogP contribution is 2.47. The summed E-state index contributed by atoms with van der Waals surface area (Å²) < 4.78 is 0. The Morgan fingerprint density at radius 3 is 2.52 bits per heavy atom. The third kappa shape index (κ3) is 4.81. The SMILES string of the molecule is CC1CCC2(CC1)SCC(=O)N2NC(=O)Cc1ccccc1Nc1c(Cl)cccc1Cl. The summed E-state index contributed by atoms with van der Waals surface area (Å²) in [5, 5.41) is 5.85. The highest BCUT2D eigenvalue weighted by atomic mass is 35.5. The zero-order valence-electron chi connectivity index (χ0n) is 17.3. The third-order valence-corrected chi connectivity index (χ3v) is 8.15. The van der Waals surface area contributed by atoms with E-state index in [1.165, 1.54) is 0 Å². The maximum absolute atomic E-state index is 12.9. The molecule has 1 saturated heterocycles. The molecule has 1 saturated carbocycles. The second-order valence-corrected chi connectivity index (χ2v) is 10.4. The molecule has 1 aliphatic heterocycles. The van der Waals surface area contributed by atoms with E-state index in [1.54, 1.807) is 35.0 Å². The minimum atomic E-state index is -0.303. The number of carbonyl (C=O) groups excluding carboxylic acids is 2. The first-order chi connectivity index (χ1) is 14.9. The highest BCUT2D eigenvalue weighted by molar-refractivity contribution is 8.01. The van der Waals surface area contributed by atoms with Crippen LogP contribution in [0.2, 0.25) is 10.0 Å². The van der Waals surface area contributed by atoms with Crippen molar-refractivity contribution in [1.82, 2.24) is 10.4 Å². The number of thioether (sulfide) groups is 1. The van der Waals surface area contributed by atoms with Crippen LogP contribution in [0, 0.1) is 5.92 Å². The number of rotatable bonds is 5. The molecule has 0 radical (unpaired) electrons. The van der Waals surface area contributed by atoms with E-state index in [9.17, 15) is 9.59 Å². The van der Waals surface area contributed by atoms with Crippen molar-refractivity contribution in [2.24, 2.45) is 5.92 Å². The Bertz CT molecular complexity index is 972. The molecule has 0 unspecified atom stereocenters. The second kappa shape index (κ2) is 9.31. The molecule has 1 aliphatic carbocycles. The van der Waals surface area contributed by atoms with Gasteiger partial charge in [-0.05, 0) is 55.4 Å². The van der Waals surface area contributed by atoms with Crippen LogP contribution in [-0.2, 0) is 16.0 Å². The Morgan fingerprint density at radius 1 is 1.13 bits per heavy atom. The predicted octanol–water partition coefficient (Wildman–Crippen LogP) is 5.79. The number of nitrogens with one attached hydrogen (secondary N) is 2.